The van der Waals surface area contributed by atoms with Crippen molar-refractivity contribution in [3.05, 3.63) is 57.8 Å². The Kier molecular flexibility index (Phi) is 4.02. The van der Waals surface area contributed by atoms with Crippen molar-refractivity contribution in [1.82, 2.24) is 5.32 Å². The van der Waals surface area contributed by atoms with E-state index in [4.69, 9.17) is 9.47 Å². The van der Waals surface area contributed by atoms with Crippen LogP contribution < -0.4 is 14.8 Å². The van der Waals surface area contributed by atoms with Gasteiger partial charge in [-0.25, -0.2) is 4.39 Å². The third-order valence-electron chi connectivity index (χ3n) is 3.42. The predicted octanol–water partition coefficient (Wildman–Crippen LogP) is 3.81. The molecule has 0 spiro atoms. The first-order valence-electron chi connectivity index (χ1n) is 6.70. The molecule has 0 aromatic heterocycles. The zero-order valence-electron chi connectivity index (χ0n) is 11.7. The molecule has 2 aromatic carbocycles. The Morgan fingerprint density at radius 2 is 2.00 bits per heavy atom. The molecule has 22 heavy (non-hydrogen) atoms. The summed E-state index contributed by atoms with van der Waals surface area (Å²) in [7, 11) is 0. The van der Waals surface area contributed by atoms with Crippen molar-refractivity contribution in [2.45, 2.75) is 13.0 Å². The standard InChI is InChI=1S/C16H13BrFNO3/c1-9(10-2-5-14-15(6-10)22-8-21-14)19-16(20)12-7-11(18)3-4-13(12)17/h2-7,9H,8H2,1H3,(H,19,20). The van der Waals surface area contributed by atoms with E-state index in [1.165, 1.54) is 18.2 Å². The van der Waals surface area contributed by atoms with Crippen molar-refractivity contribution in [3.63, 3.8) is 0 Å². The van der Waals surface area contributed by atoms with Crippen LogP contribution in [0.3, 0.4) is 0 Å². The van der Waals surface area contributed by atoms with Crippen LogP contribution in [0.4, 0.5) is 4.39 Å². The molecule has 1 heterocycles. The maximum atomic E-state index is 13.3. The molecule has 114 valence electrons. The van der Waals surface area contributed by atoms with Gasteiger partial charge in [-0.05, 0) is 58.7 Å². The lowest BCUT2D eigenvalue weighted by atomic mass is 10.1. The number of nitrogens with one attached hydrogen (secondary N) is 1. The molecular formula is C16H13BrFNO3. The van der Waals surface area contributed by atoms with Crippen molar-refractivity contribution in [1.29, 1.82) is 0 Å². The molecule has 0 fully saturated rings. The van der Waals surface area contributed by atoms with Crippen LogP contribution >= 0.6 is 15.9 Å². The lowest BCUT2D eigenvalue weighted by Crippen LogP contribution is -2.27. The van der Waals surface area contributed by atoms with Gasteiger partial charge in [0.1, 0.15) is 5.82 Å². The molecule has 0 saturated carbocycles. The van der Waals surface area contributed by atoms with Crippen molar-refractivity contribution in [2.24, 2.45) is 0 Å². The lowest BCUT2D eigenvalue weighted by molar-refractivity contribution is 0.0938. The highest BCUT2D eigenvalue weighted by atomic mass is 79.9. The van der Waals surface area contributed by atoms with Crippen LogP contribution in [-0.4, -0.2) is 12.7 Å². The Morgan fingerprint density at radius 3 is 2.82 bits per heavy atom. The molecule has 1 aliphatic rings. The van der Waals surface area contributed by atoms with E-state index < -0.39 is 5.82 Å². The average Bonchev–Trinajstić information content (AvgIpc) is 2.97. The predicted molar refractivity (Wildman–Crippen MR) is 82.5 cm³/mol. The molecule has 1 atom stereocenters. The molecule has 0 aliphatic carbocycles. The zero-order valence-corrected chi connectivity index (χ0v) is 13.3. The summed E-state index contributed by atoms with van der Waals surface area (Å²) in [4.78, 5) is 12.3. The third kappa shape index (κ3) is 2.92. The van der Waals surface area contributed by atoms with Gasteiger partial charge in [0.2, 0.25) is 6.79 Å². The van der Waals surface area contributed by atoms with E-state index in [9.17, 15) is 9.18 Å². The van der Waals surface area contributed by atoms with Crippen molar-refractivity contribution < 1.29 is 18.7 Å². The average molecular weight is 366 g/mol. The highest BCUT2D eigenvalue weighted by Crippen LogP contribution is 2.34. The summed E-state index contributed by atoms with van der Waals surface area (Å²) >= 11 is 3.25. The van der Waals surface area contributed by atoms with Gasteiger partial charge in [0.25, 0.3) is 5.91 Å². The Bertz CT molecular complexity index is 735. The lowest BCUT2D eigenvalue weighted by Gasteiger charge is -2.15. The van der Waals surface area contributed by atoms with Gasteiger partial charge in [-0.3, -0.25) is 4.79 Å². The highest BCUT2D eigenvalue weighted by molar-refractivity contribution is 9.10. The molecule has 1 amide bonds. The Morgan fingerprint density at radius 1 is 1.23 bits per heavy atom. The molecule has 4 nitrogen and oxygen atoms in total. The van der Waals surface area contributed by atoms with Gasteiger partial charge < -0.3 is 14.8 Å². The minimum absolute atomic E-state index is 0.204. The molecule has 3 rings (SSSR count). The minimum atomic E-state index is -0.455. The summed E-state index contributed by atoms with van der Waals surface area (Å²) in [6, 6.07) is 9.24. The number of hydrogen-bond donors (Lipinski definition) is 1. The monoisotopic (exact) mass is 365 g/mol. The van der Waals surface area contributed by atoms with Crippen molar-refractivity contribution in [3.8, 4) is 11.5 Å². The van der Waals surface area contributed by atoms with Crippen LogP contribution in [0.5, 0.6) is 11.5 Å². The van der Waals surface area contributed by atoms with Crippen molar-refractivity contribution in [2.75, 3.05) is 6.79 Å². The van der Waals surface area contributed by atoms with E-state index in [1.807, 2.05) is 19.1 Å². The molecule has 2 aromatic rings. The number of amides is 1. The number of carbonyl (C=O) groups is 1. The second kappa shape index (κ2) is 5.96. The van der Waals surface area contributed by atoms with Crippen LogP contribution in [0.15, 0.2) is 40.9 Å². The summed E-state index contributed by atoms with van der Waals surface area (Å²) in [5.41, 5.74) is 1.14. The van der Waals surface area contributed by atoms with Crippen LogP contribution in [0.2, 0.25) is 0 Å². The SMILES string of the molecule is CC(NC(=O)c1cc(F)ccc1Br)c1ccc2c(c1)OCO2. The topological polar surface area (TPSA) is 47.6 Å². The van der Waals surface area contributed by atoms with Crippen LogP contribution in [0.25, 0.3) is 0 Å². The second-order valence-electron chi connectivity index (χ2n) is 4.93. The smallest absolute Gasteiger partial charge is 0.253 e. The normalized spacial score (nSPS) is 13.8. The number of rotatable bonds is 3. The maximum Gasteiger partial charge on any atom is 0.253 e. The van der Waals surface area contributed by atoms with Gasteiger partial charge in [0, 0.05) is 4.47 Å². The van der Waals surface area contributed by atoms with E-state index in [1.54, 1.807) is 6.07 Å². The number of ether oxygens (including phenoxy) is 2. The Labute approximate surface area is 135 Å². The Hall–Kier alpha value is -2.08. The van der Waals surface area contributed by atoms with Crippen LogP contribution in [-0.2, 0) is 0 Å². The summed E-state index contributed by atoms with van der Waals surface area (Å²) < 4.78 is 24.4. The zero-order chi connectivity index (χ0) is 15.7. The van der Waals surface area contributed by atoms with E-state index in [0.717, 1.165) is 5.56 Å². The van der Waals surface area contributed by atoms with E-state index in [0.29, 0.717) is 16.0 Å². The molecular weight excluding hydrogens is 353 g/mol. The quantitative estimate of drug-likeness (QED) is 0.899. The third-order valence-corrected chi connectivity index (χ3v) is 4.11. The summed E-state index contributed by atoms with van der Waals surface area (Å²) in [5.74, 6) is 0.543. The second-order valence-corrected chi connectivity index (χ2v) is 5.79. The number of hydrogen-bond acceptors (Lipinski definition) is 3. The van der Waals surface area contributed by atoms with Crippen molar-refractivity contribution >= 4 is 21.8 Å². The van der Waals surface area contributed by atoms with Crippen LogP contribution in [0.1, 0.15) is 28.9 Å². The van der Waals surface area contributed by atoms with E-state index in [-0.39, 0.29) is 24.3 Å². The molecule has 0 radical (unpaired) electrons. The maximum absolute atomic E-state index is 13.3. The number of fused-ring (bicyclic) bond motifs is 1. The summed E-state index contributed by atoms with van der Waals surface area (Å²) in [5, 5.41) is 2.84. The first-order valence-corrected chi connectivity index (χ1v) is 7.49. The molecule has 1 aliphatic heterocycles. The van der Waals surface area contributed by atoms with Gasteiger partial charge in [-0.2, -0.15) is 0 Å². The fourth-order valence-electron chi connectivity index (χ4n) is 2.21. The summed E-state index contributed by atoms with van der Waals surface area (Å²) in [6.07, 6.45) is 0. The molecule has 1 N–H and O–H groups in total. The number of halogens is 2. The van der Waals surface area contributed by atoms with Gasteiger partial charge in [-0.15, -0.1) is 0 Å². The van der Waals surface area contributed by atoms with Gasteiger partial charge in [0.05, 0.1) is 11.6 Å². The number of carbonyl (C=O) groups excluding carboxylic acids is 1. The fraction of sp³-hybridized carbons (Fsp3) is 0.188. The minimum Gasteiger partial charge on any atom is -0.454 e. The van der Waals surface area contributed by atoms with Gasteiger partial charge in [0.15, 0.2) is 11.5 Å². The largest absolute Gasteiger partial charge is 0.454 e. The van der Waals surface area contributed by atoms with E-state index >= 15 is 0 Å². The first kappa shape index (κ1) is 14.8. The van der Waals surface area contributed by atoms with Crippen LogP contribution in [0, 0.1) is 5.82 Å². The Balaban J connectivity index is 1.77. The fourth-order valence-corrected chi connectivity index (χ4v) is 2.64. The highest BCUT2D eigenvalue weighted by Gasteiger charge is 2.18. The van der Waals surface area contributed by atoms with Gasteiger partial charge in [-0.1, -0.05) is 6.07 Å². The molecule has 6 heteroatoms. The number of benzene rings is 2. The summed E-state index contributed by atoms with van der Waals surface area (Å²) in [6.45, 7) is 2.05. The van der Waals surface area contributed by atoms with Gasteiger partial charge >= 0.3 is 0 Å². The molecule has 1 unspecified atom stereocenters. The molecule has 0 saturated heterocycles. The molecule has 0 bridgehead atoms. The first-order chi connectivity index (χ1) is 10.5. The van der Waals surface area contributed by atoms with E-state index in [2.05, 4.69) is 21.2 Å².